The van der Waals surface area contributed by atoms with Crippen LogP contribution in [0.4, 0.5) is 17.3 Å². The summed E-state index contributed by atoms with van der Waals surface area (Å²) in [4.78, 5) is 95.8. The Bertz CT molecular complexity index is 1980. The largest absolute Gasteiger partial charge is 0.324 e. The molecule has 2 aromatic heterocycles. The lowest BCUT2D eigenvalue weighted by atomic mass is 10.1. The Kier molecular flexibility index (Phi) is 14.3. The zero-order valence-corrected chi connectivity index (χ0v) is 29.8. The number of azo groups is 1. The van der Waals surface area contributed by atoms with Crippen molar-refractivity contribution in [1.29, 1.82) is 0 Å². The van der Waals surface area contributed by atoms with Crippen LogP contribution < -0.4 is 16.3 Å². The third-order valence-electron chi connectivity index (χ3n) is 8.22. The molecule has 52 heavy (non-hydrogen) atoms. The number of hydrogen-bond acceptors (Lipinski definition) is 12. The van der Waals surface area contributed by atoms with Crippen molar-refractivity contribution in [2.75, 3.05) is 30.3 Å². The van der Waals surface area contributed by atoms with Gasteiger partial charge in [0.25, 0.3) is 11.8 Å². The fourth-order valence-corrected chi connectivity index (χ4v) is 5.22. The Labute approximate surface area is 300 Å². The molecular weight excluding hydrogens is 668 g/mol. The SMILES string of the molecule is CCCCCC(=O)c1nc(NC(=O)c2ccc(N=NC(C(C)=O)C(=O)Nc3ccc4[nH]c(=O)[nH]c4c3)cc2)nc(C(=O)CCCCN(CC)CC)n1. The van der Waals surface area contributed by atoms with Crippen LogP contribution in [0.2, 0.25) is 0 Å². The highest BCUT2D eigenvalue weighted by atomic mass is 16.2. The van der Waals surface area contributed by atoms with Crippen LogP contribution in [0.15, 0.2) is 57.5 Å². The molecule has 2 heterocycles. The summed E-state index contributed by atoms with van der Waals surface area (Å²) in [5.74, 6) is -3.13. The van der Waals surface area contributed by atoms with Gasteiger partial charge in [0.1, 0.15) is 0 Å². The van der Waals surface area contributed by atoms with Gasteiger partial charge in [-0.25, -0.2) is 9.78 Å². The first kappa shape index (κ1) is 39.0. The number of H-pyrrole nitrogens is 2. The summed E-state index contributed by atoms with van der Waals surface area (Å²) in [5.41, 5.74) is 1.43. The number of hydrogen-bond donors (Lipinski definition) is 4. The van der Waals surface area contributed by atoms with Gasteiger partial charge in [-0.1, -0.05) is 33.6 Å². The van der Waals surface area contributed by atoms with Crippen LogP contribution in [0.3, 0.4) is 0 Å². The smallest absolute Gasteiger partial charge is 0.323 e. The van der Waals surface area contributed by atoms with E-state index in [0.29, 0.717) is 29.6 Å². The van der Waals surface area contributed by atoms with Crippen LogP contribution in [0.5, 0.6) is 0 Å². The van der Waals surface area contributed by atoms with Crippen molar-refractivity contribution in [1.82, 2.24) is 29.8 Å². The number of anilines is 2. The molecule has 0 spiro atoms. The topological polar surface area (TPSA) is 225 Å². The molecule has 0 saturated carbocycles. The Balaban J connectivity index is 1.43. The standard InChI is InChI=1S/C36H44N10O6/c1-5-8-9-12-28(48)31-40-32(29(49)13-10-11-20-46(6-2)7-3)42-35(41-31)43-33(50)23-14-16-24(17-15-23)44-45-30(22(4)47)34(51)37-25-18-19-26-27(21-25)39-36(52)38-26/h14-19,21,30H,5-13,20H2,1-4H3,(H,37,51)(H2,38,39,52)(H,40,41,42,43,50). The van der Waals surface area contributed by atoms with Crippen molar-refractivity contribution in [3.05, 3.63) is 70.2 Å². The summed E-state index contributed by atoms with van der Waals surface area (Å²) >= 11 is 0. The van der Waals surface area contributed by atoms with Crippen molar-refractivity contribution in [3.8, 4) is 0 Å². The number of nitrogens with one attached hydrogen (secondary N) is 4. The number of imidazole rings is 1. The van der Waals surface area contributed by atoms with Gasteiger partial charge >= 0.3 is 5.69 Å². The first-order chi connectivity index (χ1) is 25.0. The number of carbonyl (C=O) groups excluding carboxylic acids is 5. The number of ketones is 3. The van der Waals surface area contributed by atoms with Crippen molar-refractivity contribution >= 4 is 57.5 Å². The number of fused-ring (bicyclic) bond motifs is 1. The van der Waals surface area contributed by atoms with Crippen LogP contribution in [0.25, 0.3) is 11.0 Å². The lowest BCUT2D eigenvalue weighted by Gasteiger charge is -2.17. The predicted octanol–water partition coefficient (Wildman–Crippen LogP) is 5.43. The molecule has 2 amide bonds. The maximum atomic E-state index is 13.2. The third-order valence-corrected chi connectivity index (χ3v) is 8.22. The van der Waals surface area contributed by atoms with Crippen LogP contribution in [-0.4, -0.2) is 84.7 Å². The van der Waals surface area contributed by atoms with Gasteiger partial charge in [0.05, 0.1) is 16.7 Å². The van der Waals surface area contributed by atoms with E-state index in [-0.39, 0.29) is 53.3 Å². The molecule has 1 atom stereocenters. The van der Waals surface area contributed by atoms with E-state index in [9.17, 15) is 28.8 Å². The minimum Gasteiger partial charge on any atom is -0.324 e. The average molecular weight is 713 g/mol. The summed E-state index contributed by atoms with van der Waals surface area (Å²) in [6, 6.07) is 9.08. The number of unbranched alkanes of at least 4 members (excludes halogenated alkanes) is 3. The minimum atomic E-state index is -1.45. The molecule has 4 rings (SSSR count). The number of Topliss-reactive ketones (excluding diaryl/α,β-unsaturated/α-hetero) is 3. The Morgan fingerprint density at radius 1 is 0.788 bits per heavy atom. The van der Waals surface area contributed by atoms with Crippen LogP contribution in [-0.2, 0) is 9.59 Å². The second-order valence-electron chi connectivity index (χ2n) is 12.2. The molecule has 0 aliphatic carbocycles. The van der Waals surface area contributed by atoms with E-state index in [2.05, 4.69) is 64.5 Å². The highest BCUT2D eigenvalue weighted by Crippen LogP contribution is 2.19. The molecule has 16 nitrogen and oxygen atoms in total. The molecular formula is C36H44N10O6. The number of amides is 2. The van der Waals surface area contributed by atoms with Gasteiger partial charge in [0.2, 0.25) is 23.6 Å². The number of aromatic nitrogens is 5. The zero-order valence-electron chi connectivity index (χ0n) is 29.8. The van der Waals surface area contributed by atoms with E-state index >= 15 is 0 Å². The quantitative estimate of drug-likeness (QED) is 0.0393. The summed E-state index contributed by atoms with van der Waals surface area (Å²) in [6.07, 6.45) is 4.26. The van der Waals surface area contributed by atoms with Crippen LogP contribution in [0, 0.1) is 0 Å². The van der Waals surface area contributed by atoms with Crippen molar-refractivity contribution in [3.63, 3.8) is 0 Å². The van der Waals surface area contributed by atoms with E-state index in [4.69, 9.17) is 0 Å². The number of rotatable bonds is 20. The fourth-order valence-electron chi connectivity index (χ4n) is 5.22. The van der Waals surface area contributed by atoms with Gasteiger partial charge in [0.15, 0.2) is 17.3 Å². The molecule has 274 valence electrons. The average Bonchev–Trinajstić information content (AvgIpc) is 3.50. The highest BCUT2D eigenvalue weighted by molar-refractivity contribution is 6.10. The molecule has 0 aliphatic heterocycles. The third kappa shape index (κ3) is 11.1. The lowest BCUT2D eigenvalue weighted by Crippen LogP contribution is -2.31. The van der Waals surface area contributed by atoms with Crippen LogP contribution in [0.1, 0.15) is 104 Å². The predicted molar refractivity (Wildman–Crippen MR) is 195 cm³/mol. The molecule has 0 aliphatic rings. The molecule has 0 radical (unpaired) electrons. The summed E-state index contributed by atoms with van der Waals surface area (Å²) in [6.45, 7) is 10.1. The molecule has 16 heteroatoms. The van der Waals surface area contributed by atoms with E-state index in [1.165, 1.54) is 31.2 Å². The molecule has 4 N–H and O–H groups in total. The van der Waals surface area contributed by atoms with Gasteiger partial charge in [0, 0.05) is 24.1 Å². The monoisotopic (exact) mass is 712 g/mol. The van der Waals surface area contributed by atoms with Gasteiger partial charge < -0.3 is 20.2 Å². The van der Waals surface area contributed by atoms with Crippen molar-refractivity contribution in [2.24, 2.45) is 10.2 Å². The Hall–Kier alpha value is -5.77. The Morgan fingerprint density at radius 2 is 1.42 bits per heavy atom. The lowest BCUT2D eigenvalue weighted by molar-refractivity contribution is -0.126. The van der Waals surface area contributed by atoms with Crippen molar-refractivity contribution < 1.29 is 24.0 Å². The first-order valence-corrected chi connectivity index (χ1v) is 17.4. The van der Waals surface area contributed by atoms with Gasteiger partial charge in [-0.3, -0.25) is 29.3 Å². The van der Waals surface area contributed by atoms with Crippen molar-refractivity contribution in [2.45, 2.75) is 78.7 Å². The maximum absolute atomic E-state index is 13.2. The van der Waals surface area contributed by atoms with E-state index < -0.39 is 29.3 Å². The number of nitrogens with zero attached hydrogens (tertiary/aromatic N) is 6. The van der Waals surface area contributed by atoms with E-state index in [0.717, 1.165) is 38.9 Å². The number of benzene rings is 2. The molecule has 2 aromatic carbocycles. The van der Waals surface area contributed by atoms with Crippen LogP contribution >= 0.6 is 0 Å². The van der Waals surface area contributed by atoms with Gasteiger partial charge in [-0.05, 0) is 88.3 Å². The normalized spacial score (nSPS) is 11.9. The second kappa shape index (κ2) is 19.0. The minimum absolute atomic E-state index is 0.173. The molecule has 0 fully saturated rings. The molecule has 4 aromatic rings. The Morgan fingerprint density at radius 3 is 2.04 bits per heavy atom. The maximum Gasteiger partial charge on any atom is 0.323 e. The zero-order chi connectivity index (χ0) is 37.6. The van der Waals surface area contributed by atoms with Gasteiger partial charge in [-0.2, -0.15) is 20.2 Å². The van der Waals surface area contributed by atoms with E-state index in [1.54, 1.807) is 18.2 Å². The molecule has 0 saturated heterocycles. The summed E-state index contributed by atoms with van der Waals surface area (Å²) in [7, 11) is 0. The summed E-state index contributed by atoms with van der Waals surface area (Å²) in [5, 5.41) is 13.1. The second-order valence-corrected chi connectivity index (χ2v) is 12.2. The highest BCUT2D eigenvalue weighted by Gasteiger charge is 2.24. The van der Waals surface area contributed by atoms with Gasteiger partial charge in [-0.15, -0.1) is 0 Å². The number of carbonyl (C=O) groups is 5. The first-order valence-electron chi connectivity index (χ1n) is 17.4. The summed E-state index contributed by atoms with van der Waals surface area (Å²) < 4.78 is 0. The molecule has 1 unspecified atom stereocenters. The van der Waals surface area contributed by atoms with E-state index in [1.807, 2.05) is 6.92 Å². The molecule has 0 bridgehead atoms. The fraction of sp³-hybridized carbons (Fsp3) is 0.417. The number of aromatic amines is 2.